The van der Waals surface area contributed by atoms with Crippen LogP contribution in [0.5, 0.6) is 0 Å². The van der Waals surface area contributed by atoms with Gasteiger partial charge in [0.05, 0.1) is 11.8 Å². The second-order valence-electron chi connectivity index (χ2n) is 7.67. The van der Waals surface area contributed by atoms with Crippen LogP contribution in [0.25, 0.3) is 0 Å². The molecule has 1 saturated heterocycles. The average Bonchev–Trinajstić information content (AvgIpc) is 3.15. The molecule has 2 heterocycles. The molecule has 0 N–H and O–H groups in total. The topological polar surface area (TPSA) is 78.9 Å². The molecule has 6 nitrogen and oxygen atoms in total. The Kier molecular flexibility index (Phi) is 3.42. The molecule has 2 aliphatic heterocycles. The predicted molar refractivity (Wildman–Crippen MR) is 85.8 cm³/mol. The van der Waals surface area contributed by atoms with Crippen molar-refractivity contribution in [1.29, 1.82) is 0 Å². The van der Waals surface area contributed by atoms with E-state index in [1.54, 1.807) is 13.0 Å². The van der Waals surface area contributed by atoms with Crippen molar-refractivity contribution in [3.63, 3.8) is 0 Å². The van der Waals surface area contributed by atoms with Crippen LogP contribution in [0.3, 0.4) is 0 Å². The van der Waals surface area contributed by atoms with Crippen molar-refractivity contribution >= 4 is 17.7 Å². The predicted octanol–water partition coefficient (Wildman–Crippen LogP) is 2.35. The number of cyclic esters (lactones) is 1. The number of rotatable bonds is 2. The van der Waals surface area contributed by atoms with Crippen LogP contribution in [0.15, 0.2) is 34.6 Å². The van der Waals surface area contributed by atoms with Gasteiger partial charge >= 0.3 is 11.9 Å². The number of Topliss-reactive ketones (excluding diaryl/α,β-unsaturated/α-hetero) is 1. The van der Waals surface area contributed by atoms with Crippen LogP contribution >= 0.6 is 0 Å². The normalized spacial score (nSPS) is 34.7. The van der Waals surface area contributed by atoms with Crippen LogP contribution in [-0.2, 0) is 28.6 Å². The molecule has 0 saturated carbocycles. The Labute approximate surface area is 145 Å². The van der Waals surface area contributed by atoms with Gasteiger partial charge in [-0.15, -0.1) is 0 Å². The molecule has 0 unspecified atom stereocenters. The van der Waals surface area contributed by atoms with E-state index in [0.29, 0.717) is 24.0 Å². The molecule has 2 aliphatic carbocycles. The first-order valence-corrected chi connectivity index (χ1v) is 8.50. The fourth-order valence-corrected chi connectivity index (χ4v) is 4.18. The van der Waals surface area contributed by atoms with Crippen molar-refractivity contribution in [2.24, 2.45) is 11.3 Å². The second-order valence-corrected chi connectivity index (χ2v) is 7.67. The summed E-state index contributed by atoms with van der Waals surface area (Å²) in [5.41, 5.74) is 2.50. The van der Waals surface area contributed by atoms with Crippen molar-refractivity contribution in [2.45, 2.75) is 52.4 Å². The first-order valence-electron chi connectivity index (χ1n) is 8.50. The van der Waals surface area contributed by atoms with Gasteiger partial charge in [-0.25, -0.2) is 9.59 Å². The zero-order valence-electron chi connectivity index (χ0n) is 14.5. The molecule has 3 atom stereocenters. The fraction of sp³-hybridized carbons (Fsp3) is 0.526. The number of carbonyl (C=O) groups excluding carboxylic acids is 3. The minimum atomic E-state index is -0.825. The second kappa shape index (κ2) is 5.31. The number of ether oxygens (including phenoxy) is 3. The highest BCUT2D eigenvalue weighted by Gasteiger charge is 2.54. The fourth-order valence-electron chi connectivity index (χ4n) is 4.18. The van der Waals surface area contributed by atoms with Crippen LogP contribution in [0.4, 0.5) is 0 Å². The van der Waals surface area contributed by atoms with Crippen LogP contribution in [0.1, 0.15) is 40.0 Å². The lowest BCUT2D eigenvalue weighted by Crippen LogP contribution is -2.30. The molecule has 6 heteroatoms. The summed E-state index contributed by atoms with van der Waals surface area (Å²) >= 11 is 0. The van der Waals surface area contributed by atoms with Crippen LogP contribution in [0, 0.1) is 11.3 Å². The quantitative estimate of drug-likeness (QED) is 0.435. The Bertz CT molecular complexity index is 782. The molecular weight excluding hydrogens is 324 g/mol. The minimum absolute atomic E-state index is 0.153. The first kappa shape index (κ1) is 16.1. The molecule has 0 aromatic rings. The smallest absolute Gasteiger partial charge is 0.338 e. The number of fused-ring (bicyclic) bond motifs is 2. The highest BCUT2D eigenvalue weighted by molar-refractivity contribution is 6.00. The maximum atomic E-state index is 12.3. The molecule has 132 valence electrons. The number of esters is 2. The Hall–Kier alpha value is -2.37. The Morgan fingerprint density at radius 1 is 1.20 bits per heavy atom. The Morgan fingerprint density at radius 3 is 2.64 bits per heavy atom. The number of allylic oxidation sites excluding steroid dienone is 1. The lowest BCUT2D eigenvalue weighted by atomic mass is 9.72. The van der Waals surface area contributed by atoms with E-state index in [4.69, 9.17) is 14.2 Å². The number of ketones is 1. The number of hydrogen-bond donors (Lipinski definition) is 0. The highest BCUT2D eigenvalue weighted by atomic mass is 16.7. The van der Waals surface area contributed by atoms with E-state index >= 15 is 0 Å². The SMILES string of the molecule is CC1=C[C@@H](O/C=C2/C(=O)O[C@H]3C4=C(C[C@@H]23)C(=O)CCC4(C)C)OC1=O. The lowest BCUT2D eigenvalue weighted by Gasteiger charge is -2.33. The van der Waals surface area contributed by atoms with Gasteiger partial charge in [0.15, 0.2) is 5.78 Å². The van der Waals surface area contributed by atoms with Crippen molar-refractivity contribution in [2.75, 3.05) is 0 Å². The summed E-state index contributed by atoms with van der Waals surface area (Å²) in [6.07, 6.45) is 3.48. The van der Waals surface area contributed by atoms with Gasteiger partial charge in [0.25, 0.3) is 6.29 Å². The van der Waals surface area contributed by atoms with Crippen molar-refractivity contribution < 1.29 is 28.6 Å². The summed E-state index contributed by atoms with van der Waals surface area (Å²) in [6.45, 7) is 5.82. The minimum Gasteiger partial charge on any atom is -0.458 e. The molecule has 0 amide bonds. The van der Waals surface area contributed by atoms with E-state index in [1.807, 2.05) is 0 Å². The largest absolute Gasteiger partial charge is 0.458 e. The maximum absolute atomic E-state index is 12.3. The Morgan fingerprint density at radius 2 is 1.96 bits per heavy atom. The van der Waals surface area contributed by atoms with E-state index in [2.05, 4.69) is 13.8 Å². The molecule has 0 aromatic carbocycles. The average molecular weight is 344 g/mol. The molecule has 4 rings (SSSR count). The third-order valence-corrected chi connectivity index (χ3v) is 5.57. The third-order valence-electron chi connectivity index (χ3n) is 5.57. The lowest BCUT2D eigenvalue weighted by molar-refractivity contribution is -0.152. The van der Waals surface area contributed by atoms with E-state index in [1.165, 1.54) is 6.26 Å². The molecule has 4 aliphatic rings. The zero-order chi connectivity index (χ0) is 17.9. The van der Waals surface area contributed by atoms with Gasteiger partial charge in [-0.3, -0.25) is 4.79 Å². The van der Waals surface area contributed by atoms with Crippen molar-refractivity contribution in [3.05, 3.63) is 34.6 Å². The summed E-state index contributed by atoms with van der Waals surface area (Å²) in [6, 6.07) is 0. The summed E-state index contributed by atoms with van der Waals surface area (Å²) in [5.74, 6) is -0.912. The van der Waals surface area contributed by atoms with Crippen molar-refractivity contribution in [3.8, 4) is 0 Å². The van der Waals surface area contributed by atoms with E-state index in [0.717, 1.165) is 17.6 Å². The van der Waals surface area contributed by atoms with E-state index in [-0.39, 0.29) is 23.2 Å². The molecular formula is C19H20O6. The van der Waals surface area contributed by atoms with Crippen LogP contribution in [-0.4, -0.2) is 30.1 Å². The van der Waals surface area contributed by atoms with Crippen LogP contribution < -0.4 is 0 Å². The summed E-state index contributed by atoms with van der Waals surface area (Å²) in [7, 11) is 0. The highest BCUT2D eigenvalue weighted by Crippen LogP contribution is 2.53. The molecule has 1 fully saturated rings. The van der Waals surface area contributed by atoms with E-state index in [9.17, 15) is 14.4 Å². The monoisotopic (exact) mass is 344 g/mol. The molecule has 0 bridgehead atoms. The molecule has 0 spiro atoms. The molecule has 25 heavy (non-hydrogen) atoms. The Balaban J connectivity index is 1.58. The number of carbonyl (C=O) groups is 3. The summed E-state index contributed by atoms with van der Waals surface area (Å²) in [4.78, 5) is 36.0. The van der Waals surface area contributed by atoms with Crippen molar-refractivity contribution in [1.82, 2.24) is 0 Å². The van der Waals surface area contributed by atoms with Gasteiger partial charge in [0, 0.05) is 24.0 Å². The van der Waals surface area contributed by atoms with Gasteiger partial charge in [0.2, 0.25) is 0 Å². The van der Waals surface area contributed by atoms with Crippen LogP contribution in [0.2, 0.25) is 0 Å². The first-order chi connectivity index (χ1) is 11.8. The van der Waals surface area contributed by atoms with Gasteiger partial charge in [-0.05, 0) is 36.3 Å². The number of hydrogen-bond acceptors (Lipinski definition) is 6. The van der Waals surface area contributed by atoms with Gasteiger partial charge < -0.3 is 14.2 Å². The van der Waals surface area contributed by atoms with Gasteiger partial charge in [-0.1, -0.05) is 13.8 Å². The molecule has 0 aromatic heterocycles. The van der Waals surface area contributed by atoms with Gasteiger partial charge in [-0.2, -0.15) is 0 Å². The standard InChI is InChI=1S/C19H20O6/c1-9-6-14(24-17(9)21)23-8-12-10-7-11-13(20)4-5-19(2,3)15(11)16(10)25-18(12)22/h6,8,10,14,16H,4-5,7H2,1-3H3/b12-8+/t10-,14-,16+/m0/s1. The zero-order valence-corrected chi connectivity index (χ0v) is 14.5. The third kappa shape index (κ3) is 2.42. The van der Waals surface area contributed by atoms with Gasteiger partial charge in [0.1, 0.15) is 6.10 Å². The summed E-state index contributed by atoms with van der Waals surface area (Å²) < 4.78 is 16.1. The molecule has 0 radical (unpaired) electrons. The summed E-state index contributed by atoms with van der Waals surface area (Å²) in [5, 5.41) is 0. The van der Waals surface area contributed by atoms with E-state index < -0.39 is 18.2 Å². The maximum Gasteiger partial charge on any atom is 0.338 e.